The highest BCUT2D eigenvalue weighted by Crippen LogP contribution is 2.32. The number of benzene rings is 1. The summed E-state index contributed by atoms with van der Waals surface area (Å²) in [6.45, 7) is 1.46. The number of alkyl halides is 3. The molecule has 0 radical (unpaired) electrons. The molecule has 25 heavy (non-hydrogen) atoms. The van der Waals surface area contributed by atoms with Gasteiger partial charge in [0.05, 0.1) is 24.8 Å². The van der Waals surface area contributed by atoms with Crippen molar-refractivity contribution < 1.29 is 31.9 Å². The molecule has 0 fully saturated rings. The number of hydrogen-bond acceptors (Lipinski definition) is 4. The molecule has 0 aliphatic heterocycles. The minimum Gasteiger partial charge on any atom is -0.465 e. The minimum atomic E-state index is -4.63. The fourth-order valence-corrected chi connectivity index (χ4v) is 2.36. The molecule has 5 nitrogen and oxygen atoms in total. The summed E-state index contributed by atoms with van der Waals surface area (Å²) >= 11 is 0. The number of amides is 1. The maximum atomic E-state index is 13.0. The largest absolute Gasteiger partial charge is 0.465 e. The Bertz CT molecular complexity index is 795. The molecule has 8 heteroatoms. The Labute approximate surface area is 142 Å². The second kappa shape index (κ2) is 7.00. The number of methoxy groups -OCH3 is 1. The zero-order chi connectivity index (χ0) is 18.8. The molecule has 134 valence electrons. The van der Waals surface area contributed by atoms with Crippen LogP contribution in [0.15, 0.2) is 34.7 Å². The predicted molar refractivity (Wildman–Crippen MR) is 82.0 cm³/mol. The summed E-state index contributed by atoms with van der Waals surface area (Å²) in [7, 11) is 2.57. The summed E-state index contributed by atoms with van der Waals surface area (Å²) in [6.07, 6.45) is -4.63. The van der Waals surface area contributed by atoms with Gasteiger partial charge in [0.15, 0.2) is 0 Å². The van der Waals surface area contributed by atoms with Crippen LogP contribution in [0.2, 0.25) is 0 Å². The van der Waals surface area contributed by atoms with E-state index in [1.807, 2.05) is 0 Å². The molecule has 0 atom stereocenters. The normalized spacial score (nSPS) is 11.3. The van der Waals surface area contributed by atoms with Gasteiger partial charge in [0, 0.05) is 7.05 Å². The molecule has 0 unspecified atom stereocenters. The molecule has 1 heterocycles. The van der Waals surface area contributed by atoms with Gasteiger partial charge in [-0.2, -0.15) is 13.2 Å². The van der Waals surface area contributed by atoms with Crippen molar-refractivity contribution in [2.75, 3.05) is 14.2 Å². The number of aryl methyl sites for hydroxylation is 1. The van der Waals surface area contributed by atoms with Gasteiger partial charge in [-0.3, -0.25) is 4.79 Å². The summed E-state index contributed by atoms with van der Waals surface area (Å²) in [5, 5.41) is 0. The van der Waals surface area contributed by atoms with Crippen LogP contribution in [0, 0.1) is 6.92 Å². The Balaban J connectivity index is 2.24. The van der Waals surface area contributed by atoms with Crippen LogP contribution in [0.3, 0.4) is 0 Å². The number of carbonyl (C=O) groups excluding carboxylic acids is 2. The van der Waals surface area contributed by atoms with Crippen LogP contribution in [-0.2, 0) is 17.5 Å². The van der Waals surface area contributed by atoms with Crippen LogP contribution in [0.5, 0.6) is 0 Å². The smallest absolute Gasteiger partial charge is 0.417 e. The first-order valence-electron chi connectivity index (χ1n) is 7.24. The summed E-state index contributed by atoms with van der Waals surface area (Å²) in [5.41, 5.74) is -1.25. The zero-order valence-corrected chi connectivity index (χ0v) is 13.8. The lowest BCUT2D eigenvalue weighted by Crippen LogP contribution is -2.28. The molecule has 0 aliphatic rings. The van der Waals surface area contributed by atoms with Crippen LogP contribution in [-0.4, -0.2) is 30.9 Å². The number of halogens is 3. The molecule has 0 saturated carbocycles. The monoisotopic (exact) mass is 355 g/mol. The lowest BCUT2D eigenvalue weighted by atomic mass is 10.1. The Morgan fingerprint density at radius 3 is 2.44 bits per heavy atom. The van der Waals surface area contributed by atoms with E-state index in [4.69, 9.17) is 4.42 Å². The molecule has 1 aromatic heterocycles. The highest BCUT2D eigenvalue weighted by Gasteiger charge is 2.35. The Hall–Kier alpha value is -2.77. The maximum absolute atomic E-state index is 13.0. The molecule has 0 spiro atoms. The maximum Gasteiger partial charge on any atom is 0.417 e. The number of esters is 1. The van der Waals surface area contributed by atoms with Crippen LogP contribution in [0.25, 0.3) is 0 Å². The van der Waals surface area contributed by atoms with Gasteiger partial charge in [-0.25, -0.2) is 4.79 Å². The van der Waals surface area contributed by atoms with Crippen molar-refractivity contribution in [2.24, 2.45) is 0 Å². The topological polar surface area (TPSA) is 59.8 Å². The van der Waals surface area contributed by atoms with E-state index in [0.29, 0.717) is 5.76 Å². The number of carbonyl (C=O) groups is 2. The Morgan fingerprint density at radius 1 is 1.20 bits per heavy atom. The van der Waals surface area contributed by atoms with Crippen molar-refractivity contribution in [3.8, 4) is 0 Å². The van der Waals surface area contributed by atoms with Gasteiger partial charge in [-0.05, 0) is 25.1 Å². The van der Waals surface area contributed by atoms with Crippen molar-refractivity contribution in [3.05, 3.63) is 58.5 Å². The van der Waals surface area contributed by atoms with Gasteiger partial charge < -0.3 is 14.1 Å². The van der Waals surface area contributed by atoms with Crippen molar-refractivity contribution in [1.29, 1.82) is 0 Å². The van der Waals surface area contributed by atoms with Gasteiger partial charge in [0.2, 0.25) is 0 Å². The van der Waals surface area contributed by atoms with E-state index in [9.17, 15) is 22.8 Å². The van der Waals surface area contributed by atoms with Crippen LogP contribution in [0.4, 0.5) is 13.2 Å². The first-order valence-corrected chi connectivity index (χ1v) is 7.24. The SMILES string of the molecule is COC(=O)c1cc(CN(C)C(=O)c2ccccc2C(F)(F)F)oc1C. The van der Waals surface area contributed by atoms with Crippen LogP contribution in [0.1, 0.15) is 37.8 Å². The number of hydrogen-bond donors (Lipinski definition) is 0. The summed E-state index contributed by atoms with van der Waals surface area (Å²) < 4.78 is 49.1. The number of ether oxygens (including phenoxy) is 1. The quantitative estimate of drug-likeness (QED) is 0.786. The molecular formula is C17H16F3NO4. The van der Waals surface area contributed by atoms with Gasteiger partial charge in [0.1, 0.15) is 17.1 Å². The van der Waals surface area contributed by atoms with E-state index in [1.54, 1.807) is 6.92 Å². The zero-order valence-electron chi connectivity index (χ0n) is 13.8. The number of rotatable bonds is 4. The Kier molecular flexibility index (Phi) is 5.20. The van der Waals surface area contributed by atoms with Gasteiger partial charge in [-0.15, -0.1) is 0 Å². The van der Waals surface area contributed by atoms with Crippen LogP contribution < -0.4 is 0 Å². The van der Waals surface area contributed by atoms with E-state index in [-0.39, 0.29) is 17.9 Å². The first-order chi connectivity index (χ1) is 11.6. The van der Waals surface area contributed by atoms with Crippen molar-refractivity contribution in [1.82, 2.24) is 4.90 Å². The summed E-state index contributed by atoms with van der Waals surface area (Å²) in [4.78, 5) is 25.0. The third-order valence-corrected chi connectivity index (χ3v) is 3.58. The lowest BCUT2D eigenvalue weighted by molar-refractivity contribution is -0.138. The van der Waals surface area contributed by atoms with Crippen LogP contribution >= 0.6 is 0 Å². The van der Waals surface area contributed by atoms with Crippen molar-refractivity contribution >= 4 is 11.9 Å². The second-order valence-corrected chi connectivity index (χ2v) is 5.38. The lowest BCUT2D eigenvalue weighted by Gasteiger charge is -2.19. The number of furan rings is 1. The fourth-order valence-electron chi connectivity index (χ4n) is 2.36. The molecule has 0 N–H and O–H groups in total. The van der Waals surface area contributed by atoms with Crippen molar-refractivity contribution in [2.45, 2.75) is 19.6 Å². The molecule has 1 aromatic carbocycles. The average Bonchev–Trinajstić information content (AvgIpc) is 2.92. The molecule has 2 aromatic rings. The third-order valence-electron chi connectivity index (χ3n) is 3.58. The van der Waals surface area contributed by atoms with E-state index < -0.39 is 29.2 Å². The van der Waals surface area contributed by atoms with Crippen molar-refractivity contribution in [3.63, 3.8) is 0 Å². The molecule has 0 aliphatic carbocycles. The fraction of sp³-hybridized carbons (Fsp3) is 0.294. The molecule has 1 amide bonds. The third kappa shape index (κ3) is 4.01. The highest BCUT2D eigenvalue weighted by molar-refractivity contribution is 5.95. The molecular weight excluding hydrogens is 339 g/mol. The van der Waals surface area contributed by atoms with Gasteiger partial charge >= 0.3 is 12.1 Å². The highest BCUT2D eigenvalue weighted by atomic mass is 19.4. The van der Waals surface area contributed by atoms with Gasteiger partial charge in [-0.1, -0.05) is 12.1 Å². The van der Waals surface area contributed by atoms with E-state index in [2.05, 4.69) is 4.74 Å². The van der Waals surface area contributed by atoms with Gasteiger partial charge in [0.25, 0.3) is 5.91 Å². The van der Waals surface area contributed by atoms with E-state index in [0.717, 1.165) is 17.0 Å². The molecule has 2 rings (SSSR count). The number of nitrogens with zero attached hydrogens (tertiary/aromatic N) is 1. The predicted octanol–water partition coefficient (Wildman–Crippen LogP) is 3.67. The molecule has 0 saturated heterocycles. The summed E-state index contributed by atoms with van der Waals surface area (Å²) in [5.74, 6) is -0.831. The second-order valence-electron chi connectivity index (χ2n) is 5.38. The molecule has 0 bridgehead atoms. The van der Waals surface area contributed by atoms with E-state index in [1.165, 1.54) is 32.4 Å². The minimum absolute atomic E-state index is 0.0944. The first kappa shape index (κ1) is 18.6. The van der Waals surface area contributed by atoms with E-state index >= 15 is 0 Å². The summed E-state index contributed by atoms with van der Waals surface area (Å²) in [6, 6.07) is 5.96. The average molecular weight is 355 g/mol. The standard InChI is InChI=1S/C17H16F3NO4/c1-10-13(16(23)24-3)8-11(25-10)9-21(2)15(22)12-6-4-5-7-14(12)17(18,19)20/h4-8H,9H2,1-3H3. The Morgan fingerprint density at radius 2 is 1.84 bits per heavy atom.